The van der Waals surface area contributed by atoms with Crippen LogP contribution in [-0.4, -0.2) is 32.7 Å². The zero-order chi connectivity index (χ0) is 17.9. The molecule has 0 fully saturated rings. The Morgan fingerprint density at radius 3 is 2.64 bits per heavy atom. The Kier molecular flexibility index (Phi) is 7.88. The van der Waals surface area contributed by atoms with Gasteiger partial charge in [-0.05, 0) is 35.4 Å². The first-order valence-electron chi connectivity index (χ1n) is 8.10. The van der Waals surface area contributed by atoms with E-state index in [-0.39, 0.29) is 18.3 Å². The van der Waals surface area contributed by atoms with Crippen molar-refractivity contribution in [2.24, 2.45) is 0 Å². The lowest BCUT2D eigenvalue weighted by Crippen LogP contribution is -2.34. The molecule has 2 rings (SSSR count). The van der Waals surface area contributed by atoms with E-state index in [2.05, 4.69) is 10.6 Å². The number of rotatable bonds is 10. The van der Waals surface area contributed by atoms with Gasteiger partial charge in [0, 0.05) is 20.2 Å². The molecule has 6 heteroatoms. The average molecular weight is 346 g/mol. The molecule has 0 aliphatic heterocycles. The summed E-state index contributed by atoms with van der Waals surface area (Å²) in [7, 11) is 1.62. The molecule has 2 aromatic carbocycles. The standard InChI is InChI=1S/C19H23FN2O3/c1-24-10-9-21-13-19(23)22-12-15-5-7-18(8-6-15)25-14-16-3-2-4-17(20)11-16/h2-8,11,21H,9-10,12-14H2,1H3,(H,22,23). The third kappa shape index (κ3) is 7.32. The van der Waals surface area contributed by atoms with Crippen molar-refractivity contribution >= 4 is 5.91 Å². The minimum atomic E-state index is -0.274. The first kappa shape index (κ1) is 18.9. The Bertz CT molecular complexity index is 662. The first-order chi connectivity index (χ1) is 12.2. The second kappa shape index (κ2) is 10.4. The van der Waals surface area contributed by atoms with E-state index in [1.54, 1.807) is 13.2 Å². The molecule has 5 nitrogen and oxygen atoms in total. The number of amides is 1. The number of halogens is 1. The van der Waals surface area contributed by atoms with Gasteiger partial charge in [0.15, 0.2) is 0 Å². The fourth-order valence-corrected chi connectivity index (χ4v) is 2.14. The molecular formula is C19H23FN2O3. The van der Waals surface area contributed by atoms with Gasteiger partial charge in [0.1, 0.15) is 18.2 Å². The summed E-state index contributed by atoms with van der Waals surface area (Å²) in [5, 5.41) is 5.82. The van der Waals surface area contributed by atoms with Crippen molar-refractivity contribution in [1.82, 2.24) is 10.6 Å². The molecule has 0 saturated heterocycles. The van der Waals surface area contributed by atoms with Crippen LogP contribution < -0.4 is 15.4 Å². The Morgan fingerprint density at radius 2 is 1.92 bits per heavy atom. The normalized spacial score (nSPS) is 10.5. The summed E-state index contributed by atoms with van der Waals surface area (Å²) in [5.41, 5.74) is 1.75. The molecule has 0 aromatic heterocycles. The highest BCUT2D eigenvalue weighted by Gasteiger charge is 2.02. The van der Waals surface area contributed by atoms with E-state index < -0.39 is 0 Å². The Labute approximate surface area is 147 Å². The van der Waals surface area contributed by atoms with Gasteiger partial charge >= 0.3 is 0 Å². The predicted octanol–water partition coefficient (Wildman–Crippen LogP) is 2.26. The third-order valence-electron chi connectivity index (χ3n) is 3.48. The largest absolute Gasteiger partial charge is 0.489 e. The number of carbonyl (C=O) groups excluding carboxylic acids is 1. The Balaban J connectivity index is 1.71. The summed E-state index contributed by atoms with van der Waals surface area (Å²) in [4.78, 5) is 11.7. The van der Waals surface area contributed by atoms with Gasteiger partial charge < -0.3 is 20.1 Å². The van der Waals surface area contributed by atoms with Gasteiger partial charge in [0.25, 0.3) is 0 Å². The van der Waals surface area contributed by atoms with Gasteiger partial charge in [-0.3, -0.25) is 4.79 Å². The number of ether oxygens (including phenoxy) is 2. The first-order valence-corrected chi connectivity index (χ1v) is 8.10. The van der Waals surface area contributed by atoms with Crippen LogP contribution in [0, 0.1) is 5.82 Å². The van der Waals surface area contributed by atoms with Gasteiger partial charge in [0.05, 0.1) is 13.2 Å². The number of benzene rings is 2. The van der Waals surface area contributed by atoms with E-state index in [1.165, 1.54) is 12.1 Å². The third-order valence-corrected chi connectivity index (χ3v) is 3.48. The maximum absolute atomic E-state index is 13.1. The maximum Gasteiger partial charge on any atom is 0.234 e. The minimum absolute atomic E-state index is 0.0671. The van der Waals surface area contributed by atoms with Crippen molar-refractivity contribution in [1.29, 1.82) is 0 Å². The molecule has 0 radical (unpaired) electrons. The lowest BCUT2D eigenvalue weighted by molar-refractivity contribution is -0.120. The molecule has 0 heterocycles. The smallest absolute Gasteiger partial charge is 0.234 e. The minimum Gasteiger partial charge on any atom is -0.489 e. The van der Waals surface area contributed by atoms with Crippen molar-refractivity contribution in [3.05, 3.63) is 65.5 Å². The SMILES string of the molecule is COCCNCC(=O)NCc1ccc(OCc2cccc(F)c2)cc1. The molecular weight excluding hydrogens is 323 g/mol. The van der Waals surface area contributed by atoms with Crippen LogP contribution in [0.1, 0.15) is 11.1 Å². The summed E-state index contributed by atoms with van der Waals surface area (Å²) in [6.45, 7) is 2.24. The highest BCUT2D eigenvalue weighted by Crippen LogP contribution is 2.14. The van der Waals surface area contributed by atoms with Crippen molar-refractivity contribution < 1.29 is 18.7 Å². The molecule has 134 valence electrons. The Hall–Kier alpha value is -2.44. The van der Waals surface area contributed by atoms with Gasteiger partial charge in [-0.15, -0.1) is 0 Å². The summed E-state index contributed by atoms with van der Waals surface area (Å²) < 4.78 is 23.6. The van der Waals surface area contributed by atoms with Crippen LogP contribution in [0.2, 0.25) is 0 Å². The molecule has 2 N–H and O–H groups in total. The quantitative estimate of drug-likeness (QED) is 0.648. The zero-order valence-electron chi connectivity index (χ0n) is 14.3. The molecule has 25 heavy (non-hydrogen) atoms. The van der Waals surface area contributed by atoms with Crippen molar-refractivity contribution in [3.8, 4) is 5.75 Å². The van der Waals surface area contributed by atoms with Crippen LogP contribution in [0.25, 0.3) is 0 Å². The van der Waals surface area contributed by atoms with E-state index >= 15 is 0 Å². The molecule has 1 amide bonds. The number of hydrogen-bond donors (Lipinski definition) is 2. The molecule has 0 atom stereocenters. The van der Waals surface area contributed by atoms with E-state index in [1.807, 2.05) is 30.3 Å². The summed E-state index contributed by atoms with van der Waals surface area (Å²) in [6, 6.07) is 13.8. The maximum atomic E-state index is 13.1. The molecule has 0 aliphatic carbocycles. The molecule has 0 bridgehead atoms. The fourth-order valence-electron chi connectivity index (χ4n) is 2.14. The van der Waals surface area contributed by atoms with E-state index in [0.717, 1.165) is 11.1 Å². The summed E-state index contributed by atoms with van der Waals surface area (Å²) in [5.74, 6) is 0.354. The zero-order valence-corrected chi connectivity index (χ0v) is 14.3. The second-order valence-corrected chi connectivity index (χ2v) is 5.51. The second-order valence-electron chi connectivity index (χ2n) is 5.51. The van der Waals surface area contributed by atoms with Gasteiger partial charge in [0.2, 0.25) is 5.91 Å². The van der Waals surface area contributed by atoms with E-state index in [4.69, 9.17) is 9.47 Å². The molecule has 0 spiro atoms. The lowest BCUT2D eigenvalue weighted by Gasteiger charge is -2.09. The van der Waals surface area contributed by atoms with E-state index in [9.17, 15) is 9.18 Å². The van der Waals surface area contributed by atoms with E-state index in [0.29, 0.717) is 32.1 Å². The van der Waals surface area contributed by atoms with Gasteiger partial charge in [-0.1, -0.05) is 24.3 Å². The van der Waals surface area contributed by atoms with Crippen molar-refractivity contribution in [3.63, 3.8) is 0 Å². The monoisotopic (exact) mass is 346 g/mol. The lowest BCUT2D eigenvalue weighted by atomic mass is 10.2. The van der Waals surface area contributed by atoms with Crippen molar-refractivity contribution in [2.45, 2.75) is 13.2 Å². The van der Waals surface area contributed by atoms with Crippen LogP contribution in [0.15, 0.2) is 48.5 Å². The van der Waals surface area contributed by atoms with Crippen LogP contribution in [0.5, 0.6) is 5.75 Å². The number of methoxy groups -OCH3 is 1. The summed E-state index contributed by atoms with van der Waals surface area (Å²) in [6.07, 6.45) is 0. The fraction of sp³-hybridized carbons (Fsp3) is 0.316. The summed E-state index contributed by atoms with van der Waals surface area (Å²) >= 11 is 0. The average Bonchev–Trinajstić information content (AvgIpc) is 2.63. The predicted molar refractivity (Wildman–Crippen MR) is 93.8 cm³/mol. The van der Waals surface area contributed by atoms with Gasteiger partial charge in [-0.25, -0.2) is 4.39 Å². The molecule has 0 aliphatic rings. The number of hydrogen-bond acceptors (Lipinski definition) is 4. The van der Waals surface area contributed by atoms with Crippen LogP contribution in [0.3, 0.4) is 0 Å². The molecule has 0 saturated carbocycles. The highest BCUT2D eigenvalue weighted by molar-refractivity contribution is 5.77. The van der Waals surface area contributed by atoms with Crippen LogP contribution >= 0.6 is 0 Å². The van der Waals surface area contributed by atoms with Crippen molar-refractivity contribution in [2.75, 3.05) is 26.8 Å². The van der Waals surface area contributed by atoms with Crippen LogP contribution in [0.4, 0.5) is 4.39 Å². The van der Waals surface area contributed by atoms with Gasteiger partial charge in [-0.2, -0.15) is 0 Å². The number of carbonyl (C=O) groups is 1. The highest BCUT2D eigenvalue weighted by atomic mass is 19.1. The Morgan fingerprint density at radius 1 is 1.12 bits per heavy atom. The topological polar surface area (TPSA) is 59.6 Å². The molecule has 2 aromatic rings. The molecule has 0 unspecified atom stereocenters. The van der Waals surface area contributed by atoms with Crippen LogP contribution in [-0.2, 0) is 22.7 Å². The number of nitrogens with one attached hydrogen (secondary N) is 2.